The Morgan fingerprint density at radius 1 is 1.53 bits per heavy atom. The molecule has 0 fully saturated rings. The van der Waals surface area contributed by atoms with Crippen LogP contribution in [0.1, 0.15) is 12.0 Å². The van der Waals surface area contributed by atoms with E-state index < -0.39 is 0 Å². The van der Waals surface area contributed by atoms with Crippen LogP contribution in [-0.4, -0.2) is 31.5 Å². The summed E-state index contributed by atoms with van der Waals surface area (Å²) in [5.74, 6) is -0.321. The molecular formula is C12H19FN2O2. The molecule has 1 aromatic carbocycles. The first kappa shape index (κ1) is 13.7. The van der Waals surface area contributed by atoms with Crippen LogP contribution in [-0.2, 0) is 4.74 Å². The predicted octanol–water partition coefficient (Wildman–Crippen LogP) is 1.53. The molecule has 1 rings (SSSR count). The molecule has 17 heavy (non-hydrogen) atoms. The number of anilines is 2. The molecule has 0 saturated heterocycles. The molecule has 1 unspecified atom stereocenters. The molecule has 0 aromatic heterocycles. The summed E-state index contributed by atoms with van der Waals surface area (Å²) < 4.78 is 18.3. The van der Waals surface area contributed by atoms with Crippen LogP contribution in [0.5, 0.6) is 0 Å². The van der Waals surface area contributed by atoms with Gasteiger partial charge in [0, 0.05) is 13.7 Å². The Morgan fingerprint density at radius 2 is 2.24 bits per heavy atom. The van der Waals surface area contributed by atoms with Crippen molar-refractivity contribution in [2.75, 3.05) is 31.4 Å². The number of aliphatic hydroxyl groups is 1. The van der Waals surface area contributed by atoms with Crippen LogP contribution in [0.15, 0.2) is 12.1 Å². The van der Waals surface area contributed by atoms with Crippen molar-refractivity contribution in [3.05, 3.63) is 23.5 Å². The minimum absolute atomic E-state index is 0.0443. The zero-order valence-electron chi connectivity index (χ0n) is 10.2. The molecule has 4 nitrogen and oxygen atoms in total. The molecule has 96 valence electrons. The fraction of sp³-hybridized carbons (Fsp3) is 0.500. The molecule has 0 aliphatic carbocycles. The minimum atomic E-state index is -0.321. The van der Waals surface area contributed by atoms with Crippen molar-refractivity contribution in [3.8, 4) is 0 Å². The van der Waals surface area contributed by atoms with E-state index in [4.69, 9.17) is 15.6 Å². The molecule has 0 aliphatic rings. The summed E-state index contributed by atoms with van der Waals surface area (Å²) >= 11 is 0. The highest BCUT2D eigenvalue weighted by atomic mass is 19.1. The predicted molar refractivity (Wildman–Crippen MR) is 66.5 cm³/mol. The molecule has 5 heteroatoms. The standard InChI is InChI=1S/C12H19FN2O2/c1-8-5-12(11(14)6-10(8)13)15-9(3-4-16)7-17-2/h5-6,9,15-16H,3-4,7,14H2,1-2H3. The summed E-state index contributed by atoms with van der Waals surface area (Å²) in [5.41, 5.74) is 7.27. The maximum Gasteiger partial charge on any atom is 0.128 e. The Kier molecular flexibility index (Phi) is 5.18. The topological polar surface area (TPSA) is 67.5 Å². The summed E-state index contributed by atoms with van der Waals surface area (Å²) in [5, 5.41) is 12.1. The van der Waals surface area contributed by atoms with Crippen LogP contribution in [0.3, 0.4) is 0 Å². The molecule has 0 amide bonds. The van der Waals surface area contributed by atoms with Crippen molar-refractivity contribution in [2.24, 2.45) is 0 Å². The number of methoxy groups -OCH3 is 1. The highest BCUT2D eigenvalue weighted by Crippen LogP contribution is 2.23. The first-order valence-corrected chi connectivity index (χ1v) is 5.50. The number of aryl methyl sites for hydroxylation is 1. The van der Waals surface area contributed by atoms with Crippen molar-refractivity contribution in [1.29, 1.82) is 0 Å². The zero-order valence-corrected chi connectivity index (χ0v) is 10.2. The Balaban J connectivity index is 2.81. The van der Waals surface area contributed by atoms with Gasteiger partial charge in [-0.05, 0) is 31.0 Å². The van der Waals surface area contributed by atoms with E-state index >= 15 is 0 Å². The van der Waals surface area contributed by atoms with Gasteiger partial charge in [0.2, 0.25) is 0 Å². The van der Waals surface area contributed by atoms with Crippen LogP contribution in [0.2, 0.25) is 0 Å². The first-order valence-electron chi connectivity index (χ1n) is 5.50. The van der Waals surface area contributed by atoms with Gasteiger partial charge in [-0.15, -0.1) is 0 Å². The van der Waals surface area contributed by atoms with E-state index in [2.05, 4.69) is 5.32 Å². The number of halogens is 1. The second-order valence-corrected chi connectivity index (χ2v) is 4.00. The number of nitrogen functional groups attached to an aromatic ring is 1. The van der Waals surface area contributed by atoms with E-state index in [9.17, 15) is 4.39 Å². The van der Waals surface area contributed by atoms with Gasteiger partial charge in [-0.3, -0.25) is 0 Å². The molecule has 0 heterocycles. The number of rotatable bonds is 6. The largest absolute Gasteiger partial charge is 0.397 e. The highest BCUT2D eigenvalue weighted by molar-refractivity contribution is 5.67. The second-order valence-electron chi connectivity index (χ2n) is 4.00. The van der Waals surface area contributed by atoms with E-state index in [-0.39, 0.29) is 18.5 Å². The van der Waals surface area contributed by atoms with Gasteiger partial charge in [0.25, 0.3) is 0 Å². The Bertz CT molecular complexity index is 366. The summed E-state index contributed by atoms with van der Waals surface area (Å²) in [4.78, 5) is 0. The lowest BCUT2D eigenvalue weighted by Gasteiger charge is -2.20. The van der Waals surface area contributed by atoms with Crippen LogP contribution in [0, 0.1) is 12.7 Å². The van der Waals surface area contributed by atoms with E-state index in [0.29, 0.717) is 30.0 Å². The lowest BCUT2D eigenvalue weighted by atomic mass is 10.1. The Labute approximate surface area is 101 Å². The molecule has 0 spiro atoms. The van der Waals surface area contributed by atoms with Gasteiger partial charge in [-0.25, -0.2) is 4.39 Å². The number of ether oxygens (including phenoxy) is 1. The molecular weight excluding hydrogens is 223 g/mol. The van der Waals surface area contributed by atoms with Gasteiger partial charge >= 0.3 is 0 Å². The van der Waals surface area contributed by atoms with E-state index in [0.717, 1.165) is 0 Å². The average Bonchev–Trinajstić information content (AvgIpc) is 2.26. The van der Waals surface area contributed by atoms with Crippen molar-refractivity contribution in [3.63, 3.8) is 0 Å². The molecule has 0 aliphatic heterocycles. The second kappa shape index (κ2) is 6.42. The summed E-state index contributed by atoms with van der Waals surface area (Å²) in [6.45, 7) is 2.19. The van der Waals surface area contributed by atoms with Gasteiger partial charge in [-0.1, -0.05) is 0 Å². The highest BCUT2D eigenvalue weighted by Gasteiger charge is 2.11. The van der Waals surface area contributed by atoms with Crippen molar-refractivity contribution in [2.45, 2.75) is 19.4 Å². The van der Waals surface area contributed by atoms with Gasteiger partial charge in [0.05, 0.1) is 24.0 Å². The first-order chi connectivity index (χ1) is 8.08. The normalized spacial score (nSPS) is 12.5. The van der Waals surface area contributed by atoms with Crippen LogP contribution < -0.4 is 11.1 Å². The summed E-state index contributed by atoms with van der Waals surface area (Å²) in [6, 6.07) is 2.91. The maximum absolute atomic E-state index is 13.2. The van der Waals surface area contributed by atoms with Crippen molar-refractivity contribution >= 4 is 11.4 Å². The lowest BCUT2D eigenvalue weighted by Crippen LogP contribution is -2.26. The number of hydrogen-bond donors (Lipinski definition) is 3. The molecule has 0 saturated carbocycles. The SMILES string of the molecule is COCC(CCO)Nc1cc(C)c(F)cc1N. The monoisotopic (exact) mass is 242 g/mol. The zero-order chi connectivity index (χ0) is 12.8. The number of hydrogen-bond acceptors (Lipinski definition) is 4. The molecule has 0 radical (unpaired) electrons. The third-order valence-corrected chi connectivity index (χ3v) is 2.54. The number of nitrogens with one attached hydrogen (secondary N) is 1. The average molecular weight is 242 g/mol. The summed E-state index contributed by atoms with van der Waals surface area (Å²) in [6.07, 6.45) is 0.545. The van der Waals surface area contributed by atoms with Gasteiger partial charge in [0.1, 0.15) is 5.82 Å². The number of aliphatic hydroxyl groups excluding tert-OH is 1. The quantitative estimate of drug-likeness (QED) is 0.662. The van der Waals surface area contributed by atoms with Crippen molar-refractivity contribution < 1.29 is 14.2 Å². The van der Waals surface area contributed by atoms with Gasteiger partial charge < -0.3 is 20.9 Å². The van der Waals surface area contributed by atoms with E-state index in [1.54, 1.807) is 20.1 Å². The molecule has 1 atom stereocenters. The van der Waals surface area contributed by atoms with Crippen molar-refractivity contribution in [1.82, 2.24) is 0 Å². The van der Waals surface area contributed by atoms with Crippen LogP contribution in [0.25, 0.3) is 0 Å². The Morgan fingerprint density at radius 3 is 2.82 bits per heavy atom. The third kappa shape index (κ3) is 3.87. The lowest BCUT2D eigenvalue weighted by molar-refractivity contribution is 0.170. The molecule has 0 bridgehead atoms. The maximum atomic E-state index is 13.2. The fourth-order valence-corrected chi connectivity index (χ4v) is 1.60. The Hall–Kier alpha value is -1.33. The van der Waals surface area contributed by atoms with Gasteiger partial charge in [0.15, 0.2) is 0 Å². The van der Waals surface area contributed by atoms with Crippen LogP contribution >= 0.6 is 0 Å². The minimum Gasteiger partial charge on any atom is -0.397 e. The smallest absolute Gasteiger partial charge is 0.128 e. The number of nitrogens with two attached hydrogens (primary N) is 1. The molecule has 1 aromatic rings. The third-order valence-electron chi connectivity index (χ3n) is 2.54. The van der Waals surface area contributed by atoms with E-state index in [1.807, 2.05) is 0 Å². The van der Waals surface area contributed by atoms with E-state index in [1.165, 1.54) is 6.07 Å². The molecule has 4 N–H and O–H groups in total. The summed E-state index contributed by atoms with van der Waals surface area (Å²) in [7, 11) is 1.59. The fourth-order valence-electron chi connectivity index (χ4n) is 1.60. The van der Waals surface area contributed by atoms with Crippen LogP contribution in [0.4, 0.5) is 15.8 Å². The van der Waals surface area contributed by atoms with Gasteiger partial charge in [-0.2, -0.15) is 0 Å². The number of benzene rings is 1.